The molecular formula is C19H19NO6. The van der Waals surface area contributed by atoms with Crippen molar-refractivity contribution < 1.29 is 30.0 Å². The number of carbonyl (C=O) groups is 2. The van der Waals surface area contributed by atoms with Crippen LogP contribution >= 0.6 is 0 Å². The lowest BCUT2D eigenvalue weighted by molar-refractivity contribution is -0.165. The number of aliphatic hydroxyl groups excluding tert-OH is 2. The Morgan fingerprint density at radius 2 is 1.35 bits per heavy atom. The molecule has 0 saturated heterocycles. The van der Waals surface area contributed by atoms with Crippen LogP contribution in [0.5, 0.6) is 0 Å². The highest BCUT2D eigenvalue weighted by atomic mass is 16.4. The van der Waals surface area contributed by atoms with Crippen LogP contribution in [-0.4, -0.2) is 44.6 Å². The van der Waals surface area contributed by atoms with E-state index in [1.165, 1.54) is 22.3 Å². The molecule has 0 saturated carbocycles. The van der Waals surface area contributed by atoms with Crippen molar-refractivity contribution >= 4 is 23.6 Å². The average Bonchev–Trinajstić information content (AvgIpc) is 2.98. The van der Waals surface area contributed by atoms with Crippen LogP contribution in [0, 0.1) is 0 Å². The Hall–Kier alpha value is -3.00. The average molecular weight is 357 g/mol. The van der Waals surface area contributed by atoms with E-state index in [0.717, 1.165) is 0 Å². The van der Waals surface area contributed by atoms with Gasteiger partial charge < -0.3 is 26.2 Å². The van der Waals surface area contributed by atoms with Gasteiger partial charge in [-0.15, -0.1) is 0 Å². The number of aliphatic carboxylic acids is 2. The fraction of sp³-hybridized carbons (Fsp3) is 0.158. The van der Waals surface area contributed by atoms with Crippen LogP contribution in [-0.2, 0) is 9.59 Å². The molecule has 3 rings (SSSR count). The summed E-state index contributed by atoms with van der Waals surface area (Å²) in [5.74, 6) is -3.54. The highest BCUT2D eigenvalue weighted by molar-refractivity contribution is 5.91. The van der Waals surface area contributed by atoms with Crippen molar-refractivity contribution in [2.45, 2.75) is 18.2 Å². The minimum Gasteiger partial charge on any atom is -0.479 e. The molecule has 0 heterocycles. The monoisotopic (exact) mass is 357 g/mol. The van der Waals surface area contributed by atoms with Gasteiger partial charge in [0.05, 0.1) is 6.04 Å². The van der Waals surface area contributed by atoms with Crippen LogP contribution < -0.4 is 5.73 Å². The van der Waals surface area contributed by atoms with Crippen LogP contribution in [0.15, 0.2) is 54.6 Å². The predicted molar refractivity (Wildman–Crippen MR) is 95.0 cm³/mol. The largest absolute Gasteiger partial charge is 0.479 e. The first-order chi connectivity index (χ1) is 12.3. The molecule has 0 spiro atoms. The molecular weight excluding hydrogens is 338 g/mol. The molecule has 0 radical (unpaired) electrons. The summed E-state index contributed by atoms with van der Waals surface area (Å²) in [7, 11) is 0. The van der Waals surface area contributed by atoms with Gasteiger partial charge in [0, 0.05) is 0 Å². The van der Waals surface area contributed by atoms with E-state index in [1.807, 2.05) is 24.3 Å². The Morgan fingerprint density at radius 1 is 0.846 bits per heavy atom. The first kappa shape index (κ1) is 19.3. The van der Waals surface area contributed by atoms with Crippen LogP contribution in [0.1, 0.15) is 22.7 Å². The summed E-state index contributed by atoms with van der Waals surface area (Å²) in [6.45, 7) is 0. The number of carboxylic acids is 2. The second-order valence-corrected chi connectivity index (χ2v) is 5.64. The van der Waals surface area contributed by atoms with Crippen molar-refractivity contribution in [3.8, 4) is 0 Å². The third-order valence-electron chi connectivity index (χ3n) is 3.89. The van der Waals surface area contributed by atoms with Gasteiger partial charge >= 0.3 is 11.9 Å². The zero-order chi connectivity index (χ0) is 19.3. The summed E-state index contributed by atoms with van der Waals surface area (Å²) in [5, 5.41) is 32.5. The molecule has 3 atom stereocenters. The molecule has 2 aromatic rings. The second-order valence-electron chi connectivity index (χ2n) is 5.64. The van der Waals surface area contributed by atoms with E-state index in [4.69, 9.17) is 26.2 Å². The minimum absolute atomic E-state index is 0.0126. The topological polar surface area (TPSA) is 141 Å². The van der Waals surface area contributed by atoms with Crippen LogP contribution in [0.3, 0.4) is 0 Å². The lowest BCUT2D eigenvalue weighted by Gasteiger charge is -2.11. The molecule has 26 heavy (non-hydrogen) atoms. The summed E-state index contributed by atoms with van der Waals surface area (Å²) >= 11 is 0. The Morgan fingerprint density at radius 3 is 1.85 bits per heavy atom. The molecule has 1 aliphatic rings. The summed E-state index contributed by atoms with van der Waals surface area (Å²) in [4.78, 5) is 19.5. The van der Waals surface area contributed by atoms with Crippen molar-refractivity contribution in [1.29, 1.82) is 0 Å². The molecule has 3 unspecified atom stereocenters. The van der Waals surface area contributed by atoms with Gasteiger partial charge in [0.25, 0.3) is 0 Å². The number of benzene rings is 2. The lowest BCUT2D eigenvalue weighted by atomic mass is 9.99. The van der Waals surface area contributed by atoms with Gasteiger partial charge in [-0.05, 0) is 28.3 Å². The van der Waals surface area contributed by atoms with Crippen molar-refractivity contribution in [3.63, 3.8) is 0 Å². The lowest BCUT2D eigenvalue weighted by Crippen LogP contribution is -2.39. The Bertz CT molecular complexity index is 800. The number of hydrogen-bond acceptors (Lipinski definition) is 5. The summed E-state index contributed by atoms with van der Waals surface area (Å²) in [6.07, 6.45) is -2.34. The number of hydrogen-bond donors (Lipinski definition) is 5. The number of fused-ring (bicyclic) bond motifs is 1. The third kappa shape index (κ3) is 4.34. The first-order valence-electron chi connectivity index (χ1n) is 7.76. The third-order valence-corrected chi connectivity index (χ3v) is 3.89. The van der Waals surface area contributed by atoms with Gasteiger partial charge in [-0.2, -0.15) is 0 Å². The fourth-order valence-electron chi connectivity index (χ4n) is 2.51. The Balaban J connectivity index is 0.000000213. The normalized spacial score (nSPS) is 17.2. The van der Waals surface area contributed by atoms with E-state index in [9.17, 15) is 9.59 Å². The van der Waals surface area contributed by atoms with E-state index in [2.05, 4.69) is 36.4 Å². The molecule has 0 aromatic heterocycles. The highest BCUT2D eigenvalue weighted by Crippen LogP contribution is 2.38. The van der Waals surface area contributed by atoms with E-state index in [-0.39, 0.29) is 6.04 Å². The summed E-state index contributed by atoms with van der Waals surface area (Å²) in [5.41, 5.74) is 11.1. The van der Waals surface area contributed by atoms with Crippen LogP contribution in [0.4, 0.5) is 0 Å². The standard InChI is InChI=1S/C15H13N.C4H6O6/c16-15-13-9-5-4-8-12(13)10-14(15)11-6-2-1-3-7-11;5-1(3(7)8)2(6)4(9)10/h1-10,15H,16H2;1-2,5-6H,(H,7,8)(H,9,10). The maximum absolute atomic E-state index is 9.77. The highest BCUT2D eigenvalue weighted by Gasteiger charge is 2.29. The van der Waals surface area contributed by atoms with E-state index >= 15 is 0 Å². The van der Waals surface area contributed by atoms with Gasteiger partial charge in [-0.3, -0.25) is 0 Å². The molecule has 0 amide bonds. The smallest absolute Gasteiger partial charge is 0.335 e. The molecule has 0 fully saturated rings. The van der Waals surface area contributed by atoms with Crippen molar-refractivity contribution in [3.05, 3.63) is 71.3 Å². The van der Waals surface area contributed by atoms with Crippen molar-refractivity contribution in [2.75, 3.05) is 0 Å². The van der Waals surface area contributed by atoms with Crippen molar-refractivity contribution in [2.24, 2.45) is 5.73 Å². The van der Waals surface area contributed by atoms with E-state index < -0.39 is 24.1 Å². The number of carboxylic acid groups (broad SMARTS) is 2. The van der Waals surface area contributed by atoms with E-state index in [1.54, 1.807) is 0 Å². The molecule has 7 nitrogen and oxygen atoms in total. The van der Waals surface area contributed by atoms with Gasteiger partial charge in [-0.25, -0.2) is 9.59 Å². The minimum atomic E-state index is -2.27. The Kier molecular flexibility index (Phi) is 6.24. The predicted octanol–water partition coefficient (Wildman–Crippen LogP) is 1.12. The summed E-state index contributed by atoms with van der Waals surface area (Å²) in [6, 6.07) is 18.7. The van der Waals surface area contributed by atoms with Gasteiger partial charge in [0.2, 0.25) is 0 Å². The van der Waals surface area contributed by atoms with Gasteiger partial charge in [0.1, 0.15) is 0 Å². The molecule has 6 N–H and O–H groups in total. The molecule has 1 aliphatic carbocycles. The second kappa shape index (κ2) is 8.39. The number of nitrogens with two attached hydrogens (primary N) is 1. The maximum Gasteiger partial charge on any atom is 0.335 e. The maximum atomic E-state index is 9.77. The Labute approximate surface area is 149 Å². The molecule has 0 aliphatic heterocycles. The van der Waals surface area contributed by atoms with Gasteiger partial charge in [-0.1, -0.05) is 54.6 Å². The fourth-order valence-corrected chi connectivity index (χ4v) is 2.51. The molecule has 0 bridgehead atoms. The van der Waals surface area contributed by atoms with Crippen molar-refractivity contribution in [1.82, 2.24) is 0 Å². The SMILES string of the molecule is NC1C(c2ccccc2)=Cc2ccccc21.O=C(O)C(O)C(O)C(=O)O. The zero-order valence-corrected chi connectivity index (χ0v) is 13.7. The molecule has 7 heteroatoms. The van der Waals surface area contributed by atoms with Crippen LogP contribution in [0.25, 0.3) is 11.6 Å². The summed E-state index contributed by atoms with van der Waals surface area (Å²) < 4.78 is 0. The quantitative estimate of drug-likeness (QED) is 0.552. The number of rotatable bonds is 4. The van der Waals surface area contributed by atoms with Crippen LogP contribution in [0.2, 0.25) is 0 Å². The van der Waals surface area contributed by atoms with E-state index in [0.29, 0.717) is 0 Å². The number of aliphatic hydroxyl groups is 2. The molecule has 2 aromatic carbocycles. The molecule has 136 valence electrons. The van der Waals surface area contributed by atoms with Gasteiger partial charge in [0.15, 0.2) is 12.2 Å². The zero-order valence-electron chi connectivity index (χ0n) is 13.7. The first-order valence-corrected chi connectivity index (χ1v) is 7.76.